The van der Waals surface area contributed by atoms with Crippen molar-refractivity contribution in [3.8, 4) is 0 Å². The first-order chi connectivity index (χ1) is 8.50. The van der Waals surface area contributed by atoms with Crippen molar-refractivity contribution >= 4 is 10.0 Å². The fourth-order valence-electron chi connectivity index (χ4n) is 1.81. The molecule has 0 aromatic carbocycles. The molecule has 1 aromatic heterocycles. The van der Waals surface area contributed by atoms with Crippen LogP contribution in [0, 0.1) is 6.92 Å². The van der Waals surface area contributed by atoms with E-state index in [0.717, 1.165) is 17.7 Å². The first-order valence-corrected chi connectivity index (χ1v) is 8.07. The molecule has 4 nitrogen and oxygen atoms in total. The van der Waals surface area contributed by atoms with Gasteiger partial charge in [0.1, 0.15) is 0 Å². The monoisotopic (exact) mass is 270 g/mol. The third kappa shape index (κ3) is 4.38. The van der Waals surface area contributed by atoms with Gasteiger partial charge in [0.2, 0.25) is 10.0 Å². The topological polar surface area (TPSA) is 59.1 Å². The standard InChI is InChI=1S/C13H22N2O2S/c1-4-6-10-18(16,17)15-12(5-2)13-11(3)8-7-9-14-13/h7-9,12,15H,4-6,10H2,1-3H3/t12-/m0/s1. The van der Waals surface area contributed by atoms with Crippen molar-refractivity contribution in [1.82, 2.24) is 9.71 Å². The number of pyridine rings is 1. The van der Waals surface area contributed by atoms with E-state index >= 15 is 0 Å². The number of hydrogen-bond donors (Lipinski definition) is 1. The molecule has 0 amide bonds. The van der Waals surface area contributed by atoms with Crippen LogP contribution in [0.25, 0.3) is 0 Å². The molecule has 1 aromatic rings. The zero-order valence-corrected chi connectivity index (χ0v) is 12.1. The second-order valence-electron chi connectivity index (χ2n) is 4.46. The predicted octanol–water partition coefficient (Wildman–Crippen LogP) is 2.56. The maximum absolute atomic E-state index is 11.9. The highest BCUT2D eigenvalue weighted by Gasteiger charge is 2.19. The van der Waals surface area contributed by atoms with Gasteiger partial charge in [-0.1, -0.05) is 26.3 Å². The van der Waals surface area contributed by atoms with E-state index in [-0.39, 0.29) is 11.8 Å². The average molecular weight is 270 g/mol. The highest BCUT2D eigenvalue weighted by molar-refractivity contribution is 7.89. The van der Waals surface area contributed by atoms with Crippen LogP contribution < -0.4 is 4.72 Å². The molecule has 0 aliphatic heterocycles. The van der Waals surface area contributed by atoms with Gasteiger partial charge in [-0.15, -0.1) is 0 Å². The van der Waals surface area contributed by atoms with Crippen molar-refractivity contribution in [2.24, 2.45) is 0 Å². The normalized spacial score (nSPS) is 13.5. The smallest absolute Gasteiger partial charge is 0.212 e. The molecule has 0 unspecified atom stereocenters. The summed E-state index contributed by atoms with van der Waals surface area (Å²) in [6.07, 6.45) is 3.96. The molecule has 0 saturated heterocycles. The van der Waals surface area contributed by atoms with Crippen LogP contribution >= 0.6 is 0 Å². The van der Waals surface area contributed by atoms with Crippen molar-refractivity contribution in [2.75, 3.05) is 5.75 Å². The summed E-state index contributed by atoms with van der Waals surface area (Å²) in [5, 5.41) is 0. The molecule has 18 heavy (non-hydrogen) atoms. The summed E-state index contributed by atoms with van der Waals surface area (Å²) in [6.45, 7) is 5.89. The summed E-state index contributed by atoms with van der Waals surface area (Å²) in [5.41, 5.74) is 1.84. The van der Waals surface area contributed by atoms with E-state index in [1.165, 1.54) is 0 Å². The second kappa shape index (κ2) is 6.85. The quantitative estimate of drug-likeness (QED) is 0.828. The lowest BCUT2D eigenvalue weighted by Crippen LogP contribution is -2.31. The molecule has 0 fully saturated rings. The summed E-state index contributed by atoms with van der Waals surface area (Å²) in [6, 6.07) is 3.58. The first kappa shape index (κ1) is 15.1. The third-order valence-electron chi connectivity index (χ3n) is 2.88. The van der Waals surface area contributed by atoms with Crippen molar-refractivity contribution in [1.29, 1.82) is 0 Å². The minimum absolute atomic E-state index is 0.186. The van der Waals surface area contributed by atoms with Crippen molar-refractivity contribution in [2.45, 2.75) is 46.1 Å². The summed E-state index contributed by atoms with van der Waals surface area (Å²) >= 11 is 0. The summed E-state index contributed by atoms with van der Waals surface area (Å²) in [7, 11) is -3.21. The van der Waals surface area contributed by atoms with Crippen LogP contribution in [0.4, 0.5) is 0 Å². The van der Waals surface area contributed by atoms with Gasteiger partial charge in [-0.25, -0.2) is 13.1 Å². The van der Waals surface area contributed by atoms with Gasteiger partial charge in [0.25, 0.3) is 0 Å². The number of aromatic nitrogens is 1. The minimum Gasteiger partial charge on any atom is -0.259 e. The van der Waals surface area contributed by atoms with Gasteiger partial charge in [0.15, 0.2) is 0 Å². The zero-order chi connectivity index (χ0) is 13.6. The summed E-state index contributed by atoms with van der Waals surface area (Å²) < 4.78 is 26.6. The van der Waals surface area contributed by atoms with Gasteiger partial charge in [-0.05, 0) is 31.4 Å². The second-order valence-corrected chi connectivity index (χ2v) is 6.33. The van der Waals surface area contributed by atoms with Gasteiger partial charge in [-0.2, -0.15) is 0 Å². The van der Waals surface area contributed by atoms with Crippen LogP contribution in [-0.2, 0) is 10.0 Å². The van der Waals surface area contributed by atoms with Crippen LogP contribution in [0.2, 0.25) is 0 Å². The number of hydrogen-bond acceptors (Lipinski definition) is 3. The van der Waals surface area contributed by atoms with Crippen LogP contribution in [0.3, 0.4) is 0 Å². The van der Waals surface area contributed by atoms with Gasteiger partial charge in [-0.3, -0.25) is 4.98 Å². The average Bonchev–Trinajstić information content (AvgIpc) is 2.34. The number of rotatable bonds is 7. The molecule has 1 heterocycles. The Labute approximate surface area is 110 Å². The van der Waals surface area contributed by atoms with Gasteiger partial charge < -0.3 is 0 Å². The maximum Gasteiger partial charge on any atom is 0.212 e. The fourth-order valence-corrected chi connectivity index (χ4v) is 3.30. The molecule has 0 saturated carbocycles. The zero-order valence-electron chi connectivity index (χ0n) is 11.3. The van der Waals surface area contributed by atoms with Gasteiger partial charge in [0, 0.05) is 6.20 Å². The van der Waals surface area contributed by atoms with Crippen molar-refractivity contribution in [3.63, 3.8) is 0 Å². The molecular formula is C13H22N2O2S. The van der Waals surface area contributed by atoms with E-state index in [0.29, 0.717) is 12.8 Å². The molecule has 1 rings (SSSR count). The van der Waals surface area contributed by atoms with E-state index < -0.39 is 10.0 Å². The lowest BCUT2D eigenvalue weighted by Gasteiger charge is -2.18. The lowest BCUT2D eigenvalue weighted by atomic mass is 10.1. The molecule has 0 aliphatic carbocycles. The molecule has 5 heteroatoms. The summed E-state index contributed by atoms with van der Waals surface area (Å²) in [5.74, 6) is 0.186. The van der Waals surface area contributed by atoms with E-state index in [1.54, 1.807) is 6.20 Å². The lowest BCUT2D eigenvalue weighted by molar-refractivity contribution is 0.541. The first-order valence-electron chi connectivity index (χ1n) is 6.41. The van der Waals surface area contributed by atoms with E-state index in [2.05, 4.69) is 9.71 Å². The van der Waals surface area contributed by atoms with E-state index in [4.69, 9.17) is 0 Å². The SMILES string of the molecule is CCCCS(=O)(=O)N[C@@H](CC)c1ncccc1C. The van der Waals surface area contributed by atoms with Crippen LogP contribution in [0.5, 0.6) is 0 Å². The number of unbranched alkanes of at least 4 members (excludes halogenated alkanes) is 1. The number of aryl methyl sites for hydroxylation is 1. The molecule has 0 spiro atoms. The minimum atomic E-state index is -3.21. The van der Waals surface area contributed by atoms with Crippen LogP contribution in [-0.4, -0.2) is 19.2 Å². The molecule has 1 atom stereocenters. The fraction of sp³-hybridized carbons (Fsp3) is 0.615. The summed E-state index contributed by atoms with van der Waals surface area (Å²) in [4.78, 5) is 4.29. The molecule has 1 N–H and O–H groups in total. The van der Waals surface area contributed by atoms with Crippen molar-refractivity contribution < 1.29 is 8.42 Å². The highest BCUT2D eigenvalue weighted by atomic mass is 32.2. The maximum atomic E-state index is 11.9. The van der Waals surface area contributed by atoms with Crippen LogP contribution in [0.15, 0.2) is 18.3 Å². The number of nitrogens with one attached hydrogen (secondary N) is 1. The van der Waals surface area contributed by atoms with Crippen LogP contribution in [0.1, 0.15) is 50.4 Å². The highest BCUT2D eigenvalue weighted by Crippen LogP contribution is 2.18. The molecule has 102 valence electrons. The van der Waals surface area contributed by atoms with E-state index in [9.17, 15) is 8.42 Å². The number of nitrogens with zero attached hydrogens (tertiary/aromatic N) is 1. The Bertz CT molecular complexity index is 472. The Morgan fingerprint density at radius 2 is 2.11 bits per heavy atom. The van der Waals surface area contributed by atoms with E-state index in [1.807, 2.05) is 32.9 Å². The molecular weight excluding hydrogens is 248 g/mol. The largest absolute Gasteiger partial charge is 0.259 e. The number of sulfonamides is 1. The molecule has 0 aliphatic rings. The van der Waals surface area contributed by atoms with Gasteiger partial charge in [0.05, 0.1) is 17.5 Å². The Balaban J connectivity index is 2.83. The Morgan fingerprint density at radius 3 is 2.67 bits per heavy atom. The molecule has 0 bridgehead atoms. The predicted molar refractivity (Wildman–Crippen MR) is 73.8 cm³/mol. The van der Waals surface area contributed by atoms with Gasteiger partial charge >= 0.3 is 0 Å². The molecule has 0 radical (unpaired) electrons. The Hall–Kier alpha value is -0.940. The third-order valence-corrected chi connectivity index (χ3v) is 4.35. The van der Waals surface area contributed by atoms with Crippen molar-refractivity contribution in [3.05, 3.63) is 29.6 Å². The Kier molecular flexibility index (Phi) is 5.75. The Morgan fingerprint density at radius 1 is 1.39 bits per heavy atom.